The molecule has 0 N–H and O–H groups in total. The van der Waals surface area contributed by atoms with Crippen LogP contribution in [0.4, 0.5) is 0 Å². The maximum Gasteiger partial charge on any atom is -0.0318 e. The van der Waals surface area contributed by atoms with Crippen molar-refractivity contribution in [3.63, 3.8) is 0 Å². The van der Waals surface area contributed by atoms with E-state index in [1.807, 2.05) is 11.1 Å². The standard InChI is InChI=1S/C16H28/c1-2-4-6-8-12-16-14-10-9-13-15(16)11-7-5-3-1/h1-14H2. The molecule has 2 aliphatic carbocycles. The predicted molar refractivity (Wildman–Crippen MR) is 71.7 cm³/mol. The van der Waals surface area contributed by atoms with E-state index in [0.29, 0.717) is 0 Å². The fourth-order valence-electron chi connectivity index (χ4n) is 3.37. The van der Waals surface area contributed by atoms with Crippen molar-refractivity contribution in [2.45, 2.75) is 89.9 Å². The Labute approximate surface area is 102 Å². The van der Waals surface area contributed by atoms with Crippen LogP contribution in [0.15, 0.2) is 11.1 Å². The van der Waals surface area contributed by atoms with Gasteiger partial charge in [-0.2, -0.15) is 0 Å². The second-order valence-electron chi connectivity index (χ2n) is 5.74. The van der Waals surface area contributed by atoms with Crippen molar-refractivity contribution in [1.82, 2.24) is 0 Å². The molecule has 0 aliphatic heterocycles. The van der Waals surface area contributed by atoms with E-state index in [2.05, 4.69) is 0 Å². The Bertz CT molecular complexity index is 200. The Hall–Kier alpha value is -0.260. The highest BCUT2D eigenvalue weighted by Crippen LogP contribution is 2.32. The summed E-state index contributed by atoms with van der Waals surface area (Å²) in [7, 11) is 0. The Morgan fingerprint density at radius 2 is 0.562 bits per heavy atom. The first-order chi connectivity index (χ1) is 7.97. The first-order valence-electron chi connectivity index (χ1n) is 7.66. The number of rotatable bonds is 0. The van der Waals surface area contributed by atoms with E-state index in [1.165, 1.54) is 89.9 Å². The molecule has 0 spiro atoms. The van der Waals surface area contributed by atoms with E-state index >= 15 is 0 Å². The molecule has 0 aromatic carbocycles. The number of allylic oxidation sites excluding steroid dienone is 2. The smallest absolute Gasteiger partial charge is 0.0318 e. The van der Waals surface area contributed by atoms with Gasteiger partial charge in [0.05, 0.1) is 0 Å². The lowest BCUT2D eigenvalue weighted by Gasteiger charge is -2.21. The minimum absolute atomic E-state index is 1.44. The van der Waals surface area contributed by atoms with Crippen molar-refractivity contribution >= 4 is 0 Å². The fourth-order valence-corrected chi connectivity index (χ4v) is 3.37. The lowest BCUT2D eigenvalue weighted by atomic mass is 9.85. The van der Waals surface area contributed by atoms with Crippen LogP contribution in [0.5, 0.6) is 0 Å². The van der Waals surface area contributed by atoms with Gasteiger partial charge in [0.15, 0.2) is 0 Å². The molecule has 0 fully saturated rings. The molecule has 0 bridgehead atoms. The average Bonchev–Trinajstić information content (AvgIpc) is 2.30. The summed E-state index contributed by atoms with van der Waals surface area (Å²) < 4.78 is 0. The maximum absolute atomic E-state index is 1.88. The molecule has 0 aromatic rings. The van der Waals surface area contributed by atoms with Gasteiger partial charge in [-0.1, -0.05) is 49.7 Å². The maximum atomic E-state index is 1.88. The van der Waals surface area contributed by atoms with E-state index in [9.17, 15) is 0 Å². The van der Waals surface area contributed by atoms with Crippen molar-refractivity contribution in [3.8, 4) is 0 Å². The molecule has 0 heterocycles. The van der Waals surface area contributed by atoms with E-state index in [0.717, 1.165) is 0 Å². The second kappa shape index (κ2) is 7.14. The summed E-state index contributed by atoms with van der Waals surface area (Å²) in [6.45, 7) is 0. The topological polar surface area (TPSA) is 0 Å². The summed E-state index contributed by atoms with van der Waals surface area (Å²) in [5.74, 6) is 0. The van der Waals surface area contributed by atoms with Crippen LogP contribution in [0, 0.1) is 0 Å². The molecule has 0 aromatic heterocycles. The van der Waals surface area contributed by atoms with Gasteiger partial charge in [0, 0.05) is 0 Å². The molecular weight excluding hydrogens is 192 g/mol. The molecule has 0 amide bonds. The Balaban J connectivity index is 1.91. The molecule has 0 saturated carbocycles. The summed E-state index contributed by atoms with van der Waals surface area (Å²) >= 11 is 0. The molecule has 0 radical (unpaired) electrons. The molecule has 0 saturated heterocycles. The minimum Gasteiger partial charge on any atom is -0.0710 e. The fraction of sp³-hybridized carbons (Fsp3) is 0.875. The van der Waals surface area contributed by atoms with Crippen molar-refractivity contribution < 1.29 is 0 Å². The Morgan fingerprint density at radius 3 is 0.938 bits per heavy atom. The monoisotopic (exact) mass is 220 g/mol. The average molecular weight is 220 g/mol. The van der Waals surface area contributed by atoms with Crippen LogP contribution in [0.1, 0.15) is 89.9 Å². The molecule has 0 heteroatoms. The molecule has 0 nitrogen and oxygen atoms in total. The summed E-state index contributed by atoms with van der Waals surface area (Å²) in [5, 5.41) is 0. The van der Waals surface area contributed by atoms with Crippen molar-refractivity contribution in [2.24, 2.45) is 0 Å². The minimum atomic E-state index is 1.44. The first kappa shape index (κ1) is 12.2. The van der Waals surface area contributed by atoms with Crippen LogP contribution < -0.4 is 0 Å². The third-order valence-corrected chi connectivity index (χ3v) is 4.41. The normalized spacial score (nSPS) is 25.5. The zero-order valence-corrected chi connectivity index (χ0v) is 10.9. The molecule has 0 atom stereocenters. The molecule has 2 aliphatic rings. The van der Waals surface area contributed by atoms with Gasteiger partial charge in [0.25, 0.3) is 0 Å². The molecule has 92 valence electrons. The highest BCUT2D eigenvalue weighted by molar-refractivity contribution is 5.17. The van der Waals surface area contributed by atoms with Gasteiger partial charge in [-0.15, -0.1) is 0 Å². The highest BCUT2D eigenvalue weighted by Gasteiger charge is 2.12. The summed E-state index contributed by atoms with van der Waals surface area (Å²) in [6.07, 6.45) is 20.6. The molecular formula is C16H28. The zero-order valence-electron chi connectivity index (χ0n) is 10.9. The van der Waals surface area contributed by atoms with E-state index < -0.39 is 0 Å². The van der Waals surface area contributed by atoms with Gasteiger partial charge in [0.1, 0.15) is 0 Å². The first-order valence-corrected chi connectivity index (χ1v) is 7.66. The Kier molecular flexibility index (Phi) is 5.45. The highest BCUT2D eigenvalue weighted by atomic mass is 14.2. The van der Waals surface area contributed by atoms with Crippen LogP contribution in [0.25, 0.3) is 0 Å². The van der Waals surface area contributed by atoms with Crippen LogP contribution in [-0.2, 0) is 0 Å². The largest absolute Gasteiger partial charge is 0.0710 e. The SMILES string of the molecule is C1CCCCCC2=C(CCCC1)CCCC2. The zero-order chi connectivity index (χ0) is 11.1. The van der Waals surface area contributed by atoms with Gasteiger partial charge in [-0.25, -0.2) is 0 Å². The van der Waals surface area contributed by atoms with Gasteiger partial charge >= 0.3 is 0 Å². The third-order valence-electron chi connectivity index (χ3n) is 4.41. The number of hydrogen-bond acceptors (Lipinski definition) is 0. The predicted octanol–water partition coefficient (Wildman–Crippen LogP) is 5.77. The van der Waals surface area contributed by atoms with Crippen molar-refractivity contribution in [1.29, 1.82) is 0 Å². The lowest BCUT2D eigenvalue weighted by Crippen LogP contribution is -2.01. The van der Waals surface area contributed by atoms with Gasteiger partial charge in [-0.3, -0.25) is 0 Å². The summed E-state index contributed by atoms with van der Waals surface area (Å²) in [5.41, 5.74) is 3.76. The van der Waals surface area contributed by atoms with Gasteiger partial charge < -0.3 is 0 Å². The quantitative estimate of drug-likeness (QED) is 0.454. The number of hydrogen-bond donors (Lipinski definition) is 0. The molecule has 0 unspecified atom stereocenters. The van der Waals surface area contributed by atoms with Crippen molar-refractivity contribution in [2.75, 3.05) is 0 Å². The summed E-state index contributed by atoms with van der Waals surface area (Å²) in [4.78, 5) is 0. The van der Waals surface area contributed by atoms with Crippen LogP contribution in [0.2, 0.25) is 0 Å². The van der Waals surface area contributed by atoms with Gasteiger partial charge in [0.2, 0.25) is 0 Å². The van der Waals surface area contributed by atoms with Crippen LogP contribution in [-0.4, -0.2) is 0 Å². The third kappa shape index (κ3) is 3.96. The lowest BCUT2D eigenvalue weighted by molar-refractivity contribution is 0.533. The van der Waals surface area contributed by atoms with Gasteiger partial charge in [-0.05, 0) is 51.4 Å². The second-order valence-corrected chi connectivity index (χ2v) is 5.74. The molecule has 2 rings (SSSR count). The van der Waals surface area contributed by atoms with E-state index in [1.54, 1.807) is 0 Å². The molecule has 16 heavy (non-hydrogen) atoms. The summed E-state index contributed by atoms with van der Waals surface area (Å²) in [6, 6.07) is 0. The van der Waals surface area contributed by atoms with E-state index in [-0.39, 0.29) is 0 Å². The van der Waals surface area contributed by atoms with Crippen molar-refractivity contribution in [3.05, 3.63) is 11.1 Å². The van der Waals surface area contributed by atoms with Crippen LogP contribution in [0.3, 0.4) is 0 Å². The Morgan fingerprint density at radius 1 is 0.312 bits per heavy atom. The van der Waals surface area contributed by atoms with E-state index in [4.69, 9.17) is 0 Å². The van der Waals surface area contributed by atoms with Crippen LogP contribution >= 0.6 is 0 Å².